The molecule has 2 heteroatoms. The Labute approximate surface area is 72.4 Å². The predicted molar refractivity (Wildman–Crippen MR) is 49.3 cm³/mol. The summed E-state index contributed by atoms with van der Waals surface area (Å²) in [4.78, 5) is 2.11. The number of nitrogens with zero attached hydrogens (tertiary/aromatic N) is 1. The maximum atomic E-state index is 9.78. The lowest BCUT2D eigenvalue weighted by Crippen LogP contribution is -2.26. The van der Waals surface area contributed by atoms with Crippen molar-refractivity contribution >= 4 is 5.69 Å². The van der Waals surface area contributed by atoms with Gasteiger partial charge in [0.2, 0.25) is 0 Å². The molecule has 0 radical (unpaired) electrons. The number of aliphatic hydroxyl groups excluding tert-OH is 1. The molecule has 64 valence electrons. The normalized spacial score (nSPS) is 27.4. The summed E-state index contributed by atoms with van der Waals surface area (Å²) in [5.41, 5.74) is 2.20. The number of anilines is 1. The van der Waals surface area contributed by atoms with E-state index in [0.717, 1.165) is 11.3 Å². The Hall–Kier alpha value is -1.02. The van der Waals surface area contributed by atoms with Gasteiger partial charge in [0.1, 0.15) is 6.10 Å². The molecule has 12 heavy (non-hydrogen) atoms. The molecule has 1 aliphatic rings. The number of fused-ring (bicyclic) bond motifs is 1. The Morgan fingerprint density at radius 1 is 1.33 bits per heavy atom. The van der Waals surface area contributed by atoms with Gasteiger partial charge in [-0.05, 0) is 13.0 Å². The molecule has 0 spiro atoms. The van der Waals surface area contributed by atoms with E-state index in [1.807, 2.05) is 38.2 Å². The Bertz CT molecular complexity index is 269. The molecule has 0 amide bonds. The van der Waals surface area contributed by atoms with Gasteiger partial charge in [-0.2, -0.15) is 0 Å². The quantitative estimate of drug-likeness (QED) is 0.627. The number of likely N-dealkylation sites (N-methyl/N-ethyl adjacent to an activating group) is 1. The first-order valence-electron chi connectivity index (χ1n) is 4.21. The Morgan fingerprint density at radius 3 is 2.67 bits per heavy atom. The molecule has 0 fully saturated rings. The first-order chi connectivity index (χ1) is 5.72. The van der Waals surface area contributed by atoms with Gasteiger partial charge >= 0.3 is 0 Å². The summed E-state index contributed by atoms with van der Waals surface area (Å²) in [6.45, 7) is 2.03. The minimum atomic E-state index is -0.328. The lowest BCUT2D eigenvalue weighted by Gasteiger charge is -2.19. The van der Waals surface area contributed by atoms with Gasteiger partial charge in [0.25, 0.3) is 0 Å². The first-order valence-corrected chi connectivity index (χ1v) is 4.21. The van der Waals surface area contributed by atoms with Crippen molar-refractivity contribution in [2.24, 2.45) is 0 Å². The number of para-hydroxylation sites is 1. The number of rotatable bonds is 0. The summed E-state index contributed by atoms with van der Waals surface area (Å²) < 4.78 is 0. The van der Waals surface area contributed by atoms with Crippen LogP contribution in [-0.2, 0) is 0 Å². The second-order valence-corrected chi connectivity index (χ2v) is 3.36. The van der Waals surface area contributed by atoms with Gasteiger partial charge in [0, 0.05) is 18.3 Å². The minimum absolute atomic E-state index is 0.197. The summed E-state index contributed by atoms with van der Waals surface area (Å²) in [7, 11) is 2.01. The highest BCUT2D eigenvalue weighted by molar-refractivity contribution is 5.59. The molecule has 0 aliphatic carbocycles. The third-order valence-corrected chi connectivity index (χ3v) is 2.70. The summed E-state index contributed by atoms with van der Waals surface area (Å²) in [5, 5.41) is 9.78. The van der Waals surface area contributed by atoms with Gasteiger partial charge in [-0.25, -0.2) is 0 Å². The van der Waals surface area contributed by atoms with Crippen LogP contribution < -0.4 is 4.90 Å². The van der Waals surface area contributed by atoms with Gasteiger partial charge in [-0.3, -0.25) is 0 Å². The van der Waals surface area contributed by atoms with Crippen molar-refractivity contribution in [3.05, 3.63) is 29.8 Å². The van der Waals surface area contributed by atoms with E-state index in [1.165, 1.54) is 0 Å². The van der Waals surface area contributed by atoms with E-state index in [1.54, 1.807) is 0 Å². The highest BCUT2D eigenvalue weighted by Gasteiger charge is 2.30. The van der Waals surface area contributed by atoms with Crippen molar-refractivity contribution in [1.82, 2.24) is 0 Å². The van der Waals surface area contributed by atoms with Crippen LogP contribution in [0.15, 0.2) is 24.3 Å². The number of hydrogen-bond donors (Lipinski definition) is 1. The summed E-state index contributed by atoms with van der Waals surface area (Å²) >= 11 is 0. The average molecular weight is 163 g/mol. The zero-order valence-corrected chi connectivity index (χ0v) is 7.36. The van der Waals surface area contributed by atoms with Crippen LogP contribution >= 0.6 is 0 Å². The van der Waals surface area contributed by atoms with E-state index < -0.39 is 0 Å². The van der Waals surface area contributed by atoms with E-state index in [4.69, 9.17) is 0 Å². The van der Waals surface area contributed by atoms with Crippen LogP contribution in [0, 0.1) is 0 Å². The molecular formula is C10H13NO. The molecule has 1 heterocycles. The maximum absolute atomic E-state index is 9.78. The largest absolute Gasteiger partial charge is 0.386 e. The Morgan fingerprint density at radius 2 is 2.00 bits per heavy atom. The van der Waals surface area contributed by atoms with Crippen LogP contribution in [-0.4, -0.2) is 18.2 Å². The molecule has 1 aromatic carbocycles. The summed E-state index contributed by atoms with van der Waals surface area (Å²) in [5.74, 6) is 0. The second-order valence-electron chi connectivity index (χ2n) is 3.36. The fourth-order valence-corrected chi connectivity index (χ4v) is 1.75. The van der Waals surface area contributed by atoms with Crippen molar-refractivity contribution in [3.8, 4) is 0 Å². The molecule has 0 saturated heterocycles. The monoisotopic (exact) mass is 163 g/mol. The molecule has 0 aromatic heterocycles. The highest BCUT2D eigenvalue weighted by atomic mass is 16.3. The van der Waals surface area contributed by atoms with Crippen LogP contribution in [0.3, 0.4) is 0 Å². The van der Waals surface area contributed by atoms with Crippen molar-refractivity contribution < 1.29 is 5.11 Å². The lowest BCUT2D eigenvalue weighted by molar-refractivity contribution is 0.163. The summed E-state index contributed by atoms with van der Waals surface area (Å²) in [6, 6.07) is 8.19. The van der Waals surface area contributed by atoms with Crippen LogP contribution in [0.5, 0.6) is 0 Å². The van der Waals surface area contributed by atoms with Crippen LogP contribution in [0.25, 0.3) is 0 Å². The predicted octanol–water partition coefficient (Wildman–Crippen LogP) is 1.56. The zero-order chi connectivity index (χ0) is 8.72. The number of hydrogen-bond acceptors (Lipinski definition) is 2. The Kier molecular flexibility index (Phi) is 1.58. The Balaban J connectivity index is 2.52. The lowest BCUT2D eigenvalue weighted by atomic mass is 10.1. The number of aliphatic hydroxyl groups is 1. The summed E-state index contributed by atoms with van der Waals surface area (Å²) in [6.07, 6.45) is -0.328. The van der Waals surface area contributed by atoms with Crippen molar-refractivity contribution in [1.29, 1.82) is 0 Å². The SMILES string of the molecule is CC1C(O)c2ccccc2N1C. The van der Waals surface area contributed by atoms with Crippen molar-refractivity contribution in [2.75, 3.05) is 11.9 Å². The maximum Gasteiger partial charge on any atom is 0.101 e. The average Bonchev–Trinajstić information content (AvgIpc) is 2.33. The van der Waals surface area contributed by atoms with Crippen LogP contribution in [0.4, 0.5) is 5.69 Å². The molecule has 2 rings (SSSR count). The zero-order valence-electron chi connectivity index (χ0n) is 7.36. The van der Waals surface area contributed by atoms with Gasteiger partial charge < -0.3 is 10.0 Å². The number of benzene rings is 1. The van der Waals surface area contributed by atoms with Gasteiger partial charge in [0.15, 0.2) is 0 Å². The molecule has 2 nitrogen and oxygen atoms in total. The molecular weight excluding hydrogens is 150 g/mol. The highest BCUT2D eigenvalue weighted by Crippen LogP contribution is 2.37. The standard InChI is InChI=1S/C10H13NO/c1-7-10(12)8-5-3-4-6-9(8)11(7)2/h3-7,10,12H,1-2H3. The third-order valence-electron chi connectivity index (χ3n) is 2.70. The molecule has 0 saturated carbocycles. The van der Waals surface area contributed by atoms with E-state index >= 15 is 0 Å². The molecule has 1 N–H and O–H groups in total. The minimum Gasteiger partial charge on any atom is -0.386 e. The van der Waals surface area contributed by atoms with E-state index in [9.17, 15) is 5.11 Å². The third kappa shape index (κ3) is 0.847. The van der Waals surface area contributed by atoms with Crippen molar-refractivity contribution in [3.63, 3.8) is 0 Å². The second kappa shape index (κ2) is 2.49. The fraction of sp³-hybridized carbons (Fsp3) is 0.400. The molecule has 0 bridgehead atoms. The van der Waals surface area contributed by atoms with Crippen LogP contribution in [0.2, 0.25) is 0 Å². The van der Waals surface area contributed by atoms with Gasteiger partial charge in [-0.15, -0.1) is 0 Å². The van der Waals surface area contributed by atoms with E-state index in [0.29, 0.717) is 0 Å². The van der Waals surface area contributed by atoms with Gasteiger partial charge in [-0.1, -0.05) is 18.2 Å². The van der Waals surface area contributed by atoms with Crippen molar-refractivity contribution in [2.45, 2.75) is 19.1 Å². The molecule has 2 unspecified atom stereocenters. The van der Waals surface area contributed by atoms with Crippen LogP contribution in [0.1, 0.15) is 18.6 Å². The van der Waals surface area contributed by atoms with E-state index in [-0.39, 0.29) is 12.1 Å². The molecule has 1 aliphatic heterocycles. The smallest absolute Gasteiger partial charge is 0.101 e. The first kappa shape index (κ1) is 7.62. The van der Waals surface area contributed by atoms with Gasteiger partial charge in [0.05, 0.1) is 6.04 Å². The molecule has 2 atom stereocenters. The molecule has 1 aromatic rings. The van der Waals surface area contributed by atoms with E-state index in [2.05, 4.69) is 4.90 Å². The fourth-order valence-electron chi connectivity index (χ4n) is 1.75. The topological polar surface area (TPSA) is 23.5 Å².